The molecule has 90 valence electrons. The van der Waals surface area contributed by atoms with Gasteiger partial charge in [-0.15, -0.1) is 0 Å². The second-order valence-corrected chi connectivity index (χ2v) is 6.27. The standard InChI is InChI=1S/C15H20N2/c16-12-4-5-13-11(8-12)2-1-3-14(13)17-9-15(10-17)6-7-15/h4-5,8,14H,1-3,6-7,9-10,16H2. The van der Waals surface area contributed by atoms with Gasteiger partial charge in [-0.25, -0.2) is 0 Å². The first-order chi connectivity index (χ1) is 8.26. The van der Waals surface area contributed by atoms with Crippen LogP contribution in [-0.2, 0) is 6.42 Å². The first kappa shape index (κ1) is 9.95. The first-order valence-corrected chi connectivity index (χ1v) is 6.88. The lowest BCUT2D eigenvalue weighted by atomic mass is 9.83. The molecule has 17 heavy (non-hydrogen) atoms. The van der Waals surface area contributed by atoms with Crippen molar-refractivity contribution < 1.29 is 0 Å². The number of nitrogen functional groups attached to an aromatic ring is 1. The molecule has 2 fully saturated rings. The molecule has 1 saturated carbocycles. The predicted molar refractivity (Wildman–Crippen MR) is 69.8 cm³/mol. The van der Waals surface area contributed by atoms with Crippen molar-refractivity contribution >= 4 is 5.69 Å². The van der Waals surface area contributed by atoms with Gasteiger partial charge in [0.1, 0.15) is 0 Å². The average Bonchev–Trinajstić information content (AvgIpc) is 3.06. The van der Waals surface area contributed by atoms with E-state index in [-0.39, 0.29) is 0 Å². The molecule has 0 amide bonds. The van der Waals surface area contributed by atoms with Gasteiger partial charge in [0.05, 0.1) is 0 Å². The van der Waals surface area contributed by atoms with E-state index in [2.05, 4.69) is 23.1 Å². The minimum absolute atomic E-state index is 0.686. The van der Waals surface area contributed by atoms with Crippen molar-refractivity contribution in [3.05, 3.63) is 29.3 Å². The number of hydrogen-bond donors (Lipinski definition) is 1. The normalized spacial score (nSPS) is 29.8. The molecular formula is C15H20N2. The van der Waals surface area contributed by atoms with Crippen LogP contribution in [0.25, 0.3) is 0 Å². The third-order valence-corrected chi connectivity index (χ3v) is 4.92. The Morgan fingerprint density at radius 2 is 2.06 bits per heavy atom. The van der Waals surface area contributed by atoms with Crippen LogP contribution in [-0.4, -0.2) is 18.0 Å². The van der Waals surface area contributed by atoms with Crippen LogP contribution in [0.4, 0.5) is 5.69 Å². The minimum Gasteiger partial charge on any atom is -0.399 e. The van der Waals surface area contributed by atoms with Gasteiger partial charge in [0.15, 0.2) is 0 Å². The van der Waals surface area contributed by atoms with Crippen molar-refractivity contribution in [2.75, 3.05) is 18.8 Å². The summed E-state index contributed by atoms with van der Waals surface area (Å²) in [6.07, 6.45) is 6.84. The summed E-state index contributed by atoms with van der Waals surface area (Å²) >= 11 is 0. The predicted octanol–water partition coefficient (Wildman–Crippen LogP) is 2.74. The Morgan fingerprint density at radius 1 is 1.24 bits per heavy atom. The maximum absolute atomic E-state index is 5.89. The largest absolute Gasteiger partial charge is 0.399 e. The van der Waals surface area contributed by atoms with Gasteiger partial charge in [0.25, 0.3) is 0 Å². The van der Waals surface area contributed by atoms with Crippen LogP contribution in [0.3, 0.4) is 0 Å². The van der Waals surface area contributed by atoms with E-state index >= 15 is 0 Å². The van der Waals surface area contributed by atoms with Crippen LogP contribution in [0.5, 0.6) is 0 Å². The van der Waals surface area contributed by atoms with Crippen LogP contribution in [0.1, 0.15) is 42.9 Å². The fraction of sp³-hybridized carbons (Fsp3) is 0.600. The number of rotatable bonds is 1. The highest BCUT2D eigenvalue weighted by atomic mass is 15.2. The van der Waals surface area contributed by atoms with Crippen LogP contribution in [0, 0.1) is 5.41 Å². The molecule has 2 N–H and O–H groups in total. The third-order valence-electron chi connectivity index (χ3n) is 4.92. The topological polar surface area (TPSA) is 29.3 Å². The fourth-order valence-electron chi connectivity index (χ4n) is 3.72. The Hall–Kier alpha value is -1.02. The van der Waals surface area contributed by atoms with Crippen LogP contribution < -0.4 is 5.73 Å². The molecule has 1 atom stereocenters. The van der Waals surface area contributed by atoms with E-state index in [0.717, 1.165) is 11.1 Å². The maximum Gasteiger partial charge on any atom is 0.0351 e. The van der Waals surface area contributed by atoms with E-state index in [1.807, 2.05) is 0 Å². The molecular weight excluding hydrogens is 208 g/mol. The Balaban J connectivity index is 1.61. The summed E-state index contributed by atoms with van der Waals surface area (Å²) in [5.74, 6) is 0. The fourth-order valence-corrected chi connectivity index (χ4v) is 3.72. The highest BCUT2D eigenvalue weighted by Crippen LogP contribution is 2.56. The Kier molecular flexibility index (Phi) is 1.91. The van der Waals surface area contributed by atoms with Crippen LogP contribution in [0.15, 0.2) is 18.2 Å². The van der Waals surface area contributed by atoms with Gasteiger partial charge >= 0.3 is 0 Å². The Labute approximate surface area is 103 Å². The number of aryl methyl sites for hydroxylation is 1. The van der Waals surface area contributed by atoms with Crippen molar-refractivity contribution in [3.8, 4) is 0 Å². The summed E-state index contributed by atoms with van der Waals surface area (Å²) in [5, 5.41) is 0. The zero-order chi connectivity index (χ0) is 11.5. The maximum atomic E-state index is 5.89. The Bertz CT molecular complexity index is 454. The van der Waals surface area contributed by atoms with Gasteiger partial charge < -0.3 is 5.73 Å². The molecule has 0 radical (unpaired) electrons. The van der Waals surface area contributed by atoms with Gasteiger partial charge in [-0.3, -0.25) is 4.90 Å². The summed E-state index contributed by atoms with van der Waals surface area (Å²) < 4.78 is 0. The number of likely N-dealkylation sites (tertiary alicyclic amines) is 1. The zero-order valence-corrected chi connectivity index (χ0v) is 10.3. The molecule has 1 saturated heterocycles. The van der Waals surface area contributed by atoms with E-state index in [0.29, 0.717) is 6.04 Å². The van der Waals surface area contributed by atoms with Crippen molar-refractivity contribution in [2.45, 2.75) is 38.1 Å². The summed E-state index contributed by atoms with van der Waals surface area (Å²) in [6, 6.07) is 7.22. The molecule has 1 spiro atoms. The lowest BCUT2D eigenvalue weighted by Gasteiger charge is -2.47. The number of nitrogens with zero attached hydrogens (tertiary/aromatic N) is 1. The highest BCUT2D eigenvalue weighted by Gasteiger charge is 2.54. The van der Waals surface area contributed by atoms with Crippen molar-refractivity contribution in [3.63, 3.8) is 0 Å². The molecule has 4 rings (SSSR count). The molecule has 1 aliphatic heterocycles. The highest BCUT2D eigenvalue weighted by molar-refractivity contribution is 5.47. The number of benzene rings is 1. The molecule has 0 bridgehead atoms. The van der Waals surface area contributed by atoms with Crippen molar-refractivity contribution in [1.82, 2.24) is 4.90 Å². The van der Waals surface area contributed by atoms with E-state index in [4.69, 9.17) is 5.73 Å². The summed E-state index contributed by atoms with van der Waals surface area (Å²) in [7, 11) is 0. The molecule has 1 heterocycles. The SMILES string of the molecule is Nc1ccc2c(c1)CCCC2N1CC2(CC2)C1. The second kappa shape index (κ2) is 3.26. The van der Waals surface area contributed by atoms with Gasteiger partial charge in [-0.1, -0.05) is 6.07 Å². The van der Waals surface area contributed by atoms with Crippen molar-refractivity contribution in [2.24, 2.45) is 5.41 Å². The zero-order valence-electron chi connectivity index (χ0n) is 10.3. The van der Waals surface area contributed by atoms with E-state index in [1.165, 1.54) is 50.8 Å². The number of nitrogens with two attached hydrogens (primary N) is 1. The molecule has 1 unspecified atom stereocenters. The van der Waals surface area contributed by atoms with E-state index in [1.54, 1.807) is 5.56 Å². The number of hydrogen-bond acceptors (Lipinski definition) is 2. The first-order valence-electron chi connectivity index (χ1n) is 6.88. The summed E-state index contributed by atoms with van der Waals surface area (Å²) in [5.41, 5.74) is 10.6. The smallest absolute Gasteiger partial charge is 0.0351 e. The molecule has 3 aliphatic rings. The van der Waals surface area contributed by atoms with Gasteiger partial charge in [0, 0.05) is 24.8 Å². The molecule has 2 heteroatoms. The van der Waals surface area contributed by atoms with Gasteiger partial charge in [-0.2, -0.15) is 0 Å². The minimum atomic E-state index is 0.686. The van der Waals surface area contributed by atoms with Crippen LogP contribution in [0.2, 0.25) is 0 Å². The van der Waals surface area contributed by atoms with Gasteiger partial charge in [-0.05, 0) is 60.8 Å². The average molecular weight is 228 g/mol. The lowest BCUT2D eigenvalue weighted by molar-refractivity contribution is 0.0280. The van der Waals surface area contributed by atoms with Crippen LogP contribution >= 0.6 is 0 Å². The number of anilines is 1. The van der Waals surface area contributed by atoms with E-state index < -0.39 is 0 Å². The third kappa shape index (κ3) is 1.50. The lowest BCUT2D eigenvalue weighted by Crippen LogP contribution is -2.50. The molecule has 0 aromatic heterocycles. The molecule has 2 aliphatic carbocycles. The summed E-state index contributed by atoms with van der Waals surface area (Å²) in [6.45, 7) is 2.70. The van der Waals surface area contributed by atoms with Crippen molar-refractivity contribution in [1.29, 1.82) is 0 Å². The number of fused-ring (bicyclic) bond motifs is 1. The molecule has 1 aromatic carbocycles. The van der Waals surface area contributed by atoms with E-state index in [9.17, 15) is 0 Å². The molecule has 2 nitrogen and oxygen atoms in total. The quantitative estimate of drug-likeness (QED) is 0.749. The monoisotopic (exact) mass is 228 g/mol. The second-order valence-electron chi connectivity index (χ2n) is 6.27. The molecule has 1 aromatic rings. The van der Waals surface area contributed by atoms with Gasteiger partial charge in [0.2, 0.25) is 0 Å². The Morgan fingerprint density at radius 3 is 2.82 bits per heavy atom. The summed E-state index contributed by atoms with van der Waals surface area (Å²) in [4.78, 5) is 2.70.